The SMILES string of the molecule is O=C(Nc1ccc(N2CCN(c3ccc(OC[C@@H]4CO[C@@](Cn5cncn5)(c5ccc(Cl)cc5Cl)O4)cc3)CC2)cc1)c1ccco1. The molecule has 0 bridgehead atoms. The zero-order valence-electron chi connectivity index (χ0n) is 25.3. The van der Waals surface area contributed by atoms with E-state index in [1.807, 2.05) is 42.5 Å². The fraction of sp³-hybridized carbons (Fsp3) is 0.265. The van der Waals surface area contributed by atoms with Crippen LogP contribution in [0.4, 0.5) is 17.1 Å². The van der Waals surface area contributed by atoms with Gasteiger partial charge in [-0.15, -0.1) is 0 Å². The van der Waals surface area contributed by atoms with E-state index in [1.165, 1.54) is 12.6 Å². The number of anilines is 3. The maximum Gasteiger partial charge on any atom is 0.291 e. The van der Waals surface area contributed by atoms with Crippen LogP contribution in [0.25, 0.3) is 0 Å². The van der Waals surface area contributed by atoms with Crippen molar-refractivity contribution in [1.29, 1.82) is 0 Å². The lowest BCUT2D eigenvalue weighted by Crippen LogP contribution is -2.46. The van der Waals surface area contributed by atoms with Crippen LogP contribution in [-0.4, -0.2) is 66.2 Å². The summed E-state index contributed by atoms with van der Waals surface area (Å²) in [5.41, 5.74) is 3.64. The van der Waals surface area contributed by atoms with Gasteiger partial charge in [0, 0.05) is 53.8 Å². The summed E-state index contributed by atoms with van der Waals surface area (Å²) in [5.74, 6) is -0.402. The van der Waals surface area contributed by atoms with E-state index in [1.54, 1.807) is 35.3 Å². The molecule has 2 aliphatic heterocycles. The van der Waals surface area contributed by atoms with E-state index in [0.717, 1.165) is 49.0 Å². The molecule has 0 unspecified atom stereocenters. The molecule has 0 aliphatic carbocycles. The van der Waals surface area contributed by atoms with Crippen LogP contribution in [0.15, 0.2) is 102 Å². The van der Waals surface area contributed by atoms with E-state index >= 15 is 0 Å². The molecule has 0 saturated carbocycles. The Morgan fingerprint density at radius 2 is 1.68 bits per heavy atom. The van der Waals surface area contributed by atoms with Crippen molar-refractivity contribution in [3.63, 3.8) is 0 Å². The van der Waals surface area contributed by atoms with Gasteiger partial charge in [0.05, 0.1) is 17.9 Å². The number of ether oxygens (including phenoxy) is 3. The highest BCUT2D eigenvalue weighted by molar-refractivity contribution is 6.35. The fourth-order valence-corrected chi connectivity index (χ4v) is 6.36. The Balaban J connectivity index is 0.910. The van der Waals surface area contributed by atoms with Crippen molar-refractivity contribution in [2.75, 3.05) is 54.5 Å². The quantitative estimate of drug-likeness (QED) is 0.188. The molecule has 3 aromatic carbocycles. The number of piperazine rings is 1. The van der Waals surface area contributed by atoms with Crippen LogP contribution in [0, 0.1) is 0 Å². The molecule has 7 rings (SSSR count). The molecule has 11 nitrogen and oxygen atoms in total. The lowest BCUT2D eigenvalue weighted by Gasteiger charge is -2.37. The Kier molecular flexibility index (Phi) is 9.03. The van der Waals surface area contributed by atoms with Crippen LogP contribution >= 0.6 is 23.2 Å². The van der Waals surface area contributed by atoms with Gasteiger partial charge in [-0.2, -0.15) is 5.10 Å². The fourth-order valence-electron chi connectivity index (χ4n) is 5.80. The van der Waals surface area contributed by atoms with Gasteiger partial charge in [-0.05, 0) is 72.8 Å². The zero-order valence-corrected chi connectivity index (χ0v) is 26.8. The van der Waals surface area contributed by atoms with Gasteiger partial charge in [0.2, 0.25) is 5.79 Å². The lowest BCUT2D eigenvalue weighted by molar-refractivity contribution is -0.190. The average Bonchev–Trinajstić information content (AvgIpc) is 3.89. The number of carbonyl (C=O) groups is 1. The highest BCUT2D eigenvalue weighted by atomic mass is 35.5. The monoisotopic (exact) mass is 674 g/mol. The van der Waals surface area contributed by atoms with Gasteiger partial charge >= 0.3 is 0 Å². The highest BCUT2D eigenvalue weighted by Gasteiger charge is 2.45. The average molecular weight is 676 g/mol. The maximum absolute atomic E-state index is 12.2. The number of benzene rings is 3. The minimum absolute atomic E-state index is 0.267. The lowest BCUT2D eigenvalue weighted by atomic mass is 10.1. The summed E-state index contributed by atoms with van der Waals surface area (Å²) >= 11 is 12.7. The van der Waals surface area contributed by atoms with E-state index in [4.69, 9.17) is 41.8 Å². The van der Waals surface area contributed by atoms with Gasteiger partial charge in [0.15, 0.2) is 5.76 Å². The maximum atomic E-state index is 12.2. The highest BCUT2D eigenvalue weighted by Crippen LogP contribution is 2.40. The van der Waals surface area contributed by atoms with Crippen LogP contribution in [0.1, 0.15) is 16.1 Å². The van der Waals surface area contributed by atoms with Crippen molar-refractivity contribution in [2.24, 2.45) is 0 Å². The molecule has 2 aromatic heterocycles. The van der Waals surface area contributed by atoms with Crippen LogP contribution in [0.5, 0.6) is 5.75 Å². The summed E-state index contributed by atoms with van der Waals surface area (Å²) in [4.78, 5) is 21.0. The van der Waals surface area contributed by atoms with Crippen molar-refractivity contribution >= 4 is 46.2 Å². The summed E-state index contributed by atoms with van der Waals surface area (Å²) in [7, 11) is 0. The van der Waals surface area contributed by atoms with Gasteiger partial charge < -0.3 is 33.7 Å². The predicted molar refractivity (Wildman–Crippen MR) is 178 cm³/mol. The molecule has 5 aromatic rings. The molecule has 4 heterocycles. The number of hydrogen-bond donors (Lipinski definition) is 1. The Labute approximate surface area is 281 Å². The molecule has 2 fully saturated rings. The molecular weight excluding hydrogens is 643 g/mol. The summed E-state index contributed by atoms with van der Waals surface area (Å²) in [5, 5.41) is 8.05. The minimum Gasteiger partial charge on any atom is -0.491 e. The van der Waals surface area contributed by atoms with Crippen molar-refractivity contribution in [1.82, 2.24) is 14.8 Å². The van der Waals surface area contributed by atoms with Gasteiger partial charge in [0.1, 0.15) is 37.7 Å². The normalized spacial score (nSPS) is 19.6. The molecule has 1 amide bonds. The molecule has 2 atom stereocenters. The van der Waals surface area contributed by atoms with Crippen molar-refractivity contribution in [3.8, 4) is 5.75 Å². The van der Waals surface area contributed by atoms with Crippen LogP contribution in [0.3, 0.4) is 0 Å². The van der Waals surface area contributed by atoms with Gasteiger partial charge in [0.25, 0.3) is 5.91 Å². The topological polar surface area (TPSA) is 107 Å². The van der Waals surface area contributed by atoms with E-state index in [2.05, 4.69) is 37.3 Å². The van der Waals surface area contributed by atoms with Gasteiger partial charge in [-0.3, -0.25) is 4.79 Å². The first-order chi connectivity index (χ1) is 22.9. The zero-order chi connectivity index (χ0) is 32.2. The second kappa shape index (κ2) is 13.7. The Hall–Kier alpha value is -4.55. The van der Waals surface area contributed by atoms with E-state index in [9.17, 15) is 4.79 Å². The summed E-state index contributed by atoms with van der Waals surface area (Å²) in [6.07, 6.45) is 4.22. The standard InChI is InChI=1S/C34H32Cl2N6O5/c35-24-3-12-30(31(36)18-24)34(21-42-23-37-22-38-42)46-20-29(47-34)19-45-28-10-8-27(9-11-28)41-15-13-40(14-16-41)26-6-4-25(5-7-26)39-33(43)32-2-1-17-44-32/h1-12,17-18,22-23,29H,13-16,19-21H2,(H,39,43)/t29-,34-/m1/s1. The number of hydrogen-bond acceptors (Lipinski definition) is 9. The van der Waals surface area contributed by atoms with Crippen molar-refractivity contribution < 1.29 is 23.4 Å². The van der Waals surface area contributed by atoms with Gasteiger partial charge in [-0.25, -0.2) is 9.67 Å². The van der Waals surface area contributed by atoms with Crippen LogP contribution < -0.4 is 19.9 Å². The number of furan rings is 1. The summed E-state index contributed by atoms with van der Waals surface area (Å²) in [6.45, 7) is 4.40. The largest absolute Gasteiger partial charge is 0.491 e. The van der Waals surface area contributed by atoms with Crippen LogP contribution in [-0.2, 0) is 21.8 Å². The second-order valence-corrected chi connectivity index (χ2v) is 12.1. The van der Waals surface area contributed by atoms with Crippen molar-refractivity contribution in [2.45, 2.75) is 18.4 Å². The molecule has 242 valence electrons. The third-order valence-electron chi connectivity index (χ3n) is 8.19. The molecule has 0 radical (unpaired) electrons. The first-order valence-electron chi connectivity index (χ1n) is 15.2. The molecule has 1 N–H and O–H groups in total. The third-order valence-corrected chi connectivity index (χ3v) is 8.74. The molecule has 13 heteroatoms. The second-order valence-electron chi connectivity index (χ2n) is 11.3. The molecule has 2 aliphatic rings. The molecular formula is C34H32Cl2N6O5. The van der Waals surface area contributed by atoms with E-state index in [0.29, 0.717) is 28.8 Å². The summed E-state index contributed by atoms with van der Waals surface area (Å²) in [6, 6.07) is 24.6. The number of amides is 1. The molecule has 47 heavy (non-hydrogen) atoms. The van der Waals surface area contributed by atoms with E-state index < -0.39 is 5.79 Å². The van der Waals surface area contributed by atoms with E-state index in [-0.39, 0.29) is 24.3 Å². The first-order valence-corrected chi connectivity index (χ1v) is 16.0. The Morgan fingerprint density at radius 3 is 2.32 bits per heavy atom. The number of rotatable bonds is 10. The minimum atomic E-state index is -1.16. The molecule has 2 saturated heterocycles. The number of aromatic nitrogens is 3. The number of carbonyl (C=O) groups excluding carboxylic acids is 1. The number of halogens is 2. The number of nitrogens with zero attached hydrogens (tertiary/aromatic N) is 5. The van der Waals surface area contributed by atoms with Gasteiger partial charge in [-0.1, -0.05) is 29.3 Å². The van der Waals surface area contributed by atoms with Crippen molar-refractivity contribution in [3.05, 3.63) is 119 Å². The Morgan fingerprint density at radius 1 is 0.957 bits per heavy atom. The summed E-state index contributed by atoms with van der Waals surface area (Å²) < 4.78 is 25.6. The predicted octanol–water partition coefficient (Wildman–Crippen LogP) is 6.10. The third kappa shape index (κ3) is 7.08. The Bertz CT molecular complexity index is 1780. The first kappa shape index (κ1) is 31.1. The number of nitrogens with one attached hydrogen (secondary N) is 1. The van der Waals surface area contributed by atoms with Crippen LogP contribution in [0.2, 0.25) is 10.0 Å². The smallest absolute Gasteiger partial charge is 0.291 e. The molecule has 0 spiro atoms.